The molecule has 1 aliphatic rings. The van der Waals surface area contributed by atoms with Gasteiger partial charge >= 0.3 is 0 Å². The van der Waals surface area contributed by atoms with Crippen molar-refractivity contribution in [1.82, 2.24) is 10.2 Å². The number of allylic oxidation sites excluding steroid dienone is 2. The minimum atomic E-state index is -1.20. The fourth-order valence-electron chi connectivity index (χ4n) is 4.48. The van der Waals surface area contributed by atoms with Crippen molar-refractivity contribution in [3.05, 3.63) is 58.1 Å². The number of benzene rings is 1. The lowest BCUT2D eigenvalue weighted by atomic mass is 9.66. The van der Waals surface area contributed by atoms with E-state index in [1.807, 2.05) is 59.8 Å². The molecule has 1 saturated heterocycles. The van der Waals surface area contributed by atoms with E-state index in [1.165, 1.54) is 0 Å². The molecule has 2 amide bonds. The number of rotatable bonds is 7. The summed E-state index contributed by atoms with van der Waals surface area (Å²) in [6, 6.07) is 7.02. The van der Waals surface area contributed by atoms with Crippen molar-refractivity contribution in [3.8, 4) is 6.07 Å². The molecule has 6 nitrogen and oxygen atoms in total. The van der Waals surface area contributed by atoms with Gasteiger partial charge in [0.1, 0.15) is 6.07 Å². The summed E-state index contributed by atoms with van der Waals surface area (Å²) in [5, 5.41) is 24.0. The summed E-state index contributed by atoms with van der Waals surface area (Å²) in [6.45, 7) is 12.1. The number of nitrogens with one attached hydrogen (secondary N) is 1. The van der Waals surface area contributed by atoms with Crippen molar-refractivity contribution in [2.24, 2.45) is 5.41 Å². The van der Waals surface area contributed by atoms with Crippen molar-refractivity contribution in [2.45, 2.75) is 71.9 Å². The number of aliphatic hydroxyl groups is 1. The van der Waals surface area contributed by atoms with Gasteiger partial charge in [0.15, 0.2) is 0 Å². The van der Waals surface area contributed by atoms with Gasteiger partial charge in [0.2, 0.25) is 5.91 Å². The van der Waals surface area contributed by atoms with Crippen LogP contribution in [0, 0.1) is 16.7 Å². The van der Waals surface area contributed by atoms with Crippen LogP contribution in [0.2, 0.25) is 5.02 Å². The Morgan fingerprint density at radius 1 is 1.35 bits per heavy atom. The van der Waals surface area contributed by atoms with Crippen molar-refractivity contribution in [2.75, 3.05) is 13.1 Å². The van der Waals surface area contributed by atoms with Gasteiger partial charge < -0.3 is 15.3 Å². The lowest BCUT2D eigenvalue weighted by Crippen LogP contribution is -2.58. The summed E-state index contributed by atoms with van der Waals surface area (Å²) in [4.78, 5) is 27.6. The lowest BCUT2D eigenvalue weighted by molar-refractivity contribution is -0.154. The van der Waals surface area contributed by atoms with Gasteiger partial charge in [0.25, 0.3) is 5.91 Å². The molecule has 0 bridgehead atoms. The number of carbonyl (C=O) groups is 2. The van der Waals surface area contributed by atoms with Gasteiger partial charge in [-0.05, 0) is 51.3 Å². The highest BCUT2D eigenvalue weighted by atomic mass is 35.5. The molecule has 7 heteroatoms. The quantitative estimate of drug-likeness (QED) is 0.426. The molecule has 184 valence electrons. The van der Waals surface area contributed by atoms with Crippen LogP contribution in [0.4, 0.5) is 0 Å². The molecule has 0 radical (unpaired) electrons. The Morgan fingerprint density at radius 3 is 2.56 bits per heavy atom. The van der Waals surface area contributed by atoms with Crippen LogP contribution in [0.25, 0.3) is 0 Å². The summed E-state index contributed by atoms with van der Waals surface area (Å²) >= 11 is 6.22. The molecule has 0 saturated carbocycles. The van der Waals surface area contributed by atoms with Crippen LogP contribution in [0.15, 0.2) is 42.0 Å². The third-order valence-electron chi connectivity index (χ3n) is 6.45. The molecule has 0 aliphatic carbocycles. The van der Waals surface area contributed by atoms with E-state index in [0.29, 0.717) is 41.2 Å². The van der Waals surface area contributed by atoms with Gasteiger partial charge in [-0.1, -0.05) is 56.7 Å². The first-order valence-corrected chi connectivity index (χ1v) is 12.0. The largest absolute Gasteiger partial charge is 0.384 e. The molecule has 0 spiro atoms. The van der Waals surface area contributed by atoms with E-state index in [1.54, 1.807) is 29.2 Å². The average Bonchev–Trinajstić information content (AvgIpc) is 2.74. The number of hydrogen-bond acceptors (Lipinski definition) is 4. The van der Waals surface area contributed by atoms with Crippen molar-refractivity contribution < 1.29 is 14.7 Å². The molecule has 2 N–H and O–H groups in total. The Hall–Kier alpha value is -2.62. The van der Waals surface area contributed by atoms with Gasteiger partial charge in [-0.2, -0.15) is 5.26 Å². The number of hydrogen-bond donors (Lipinski definition) is 2. The third-order valence-corrected chi connectivity index (χ3v) is 6.76. The molecule has 1 fully saturated rings. The molecular weight excluding hydrogens is 450 g/mol. The Morgan fingerprint density at radius 2 is 2.03 bits per heavy atom. The zero-order valence-electron chi connectivity index (χ0n) is 21.0. The number of halogens is 1. The maximum absolute atomic E-state index is 13.2. The van der Waals surface area contributed by atoms with Gasteiger partial charge in [-0.25, -0.2) is 0 Å². The number of carbonyl (C=O) groups excluding carboxylic acids is 2. The smallest absolute Gasteiger partial charge is 0.251 e. The first kappa shape index (κ1) is 27.6. The average molecular weight is 486 g/mol. The molecular formula is C27H36ClN3O3. The van der Waals surface area contributed by atoms with Gasteiger partial charge in [-0.3, -0.25) is 9.59 Å². The summed E-state index contributed by atoms with van der Waals surface area (Å²) in [5.74, 6) is -0.283. The van der Waals surface area contributed by atoms with E-state index in [4.69, 9.17) is 16.9 Å². The molecule has 1 heterocycles. The fraction of sp³-hybridized carbons (Fsp3) is 0.519. The second-order valence-corrected chi connectivity index (χ2v) is 10.6. The van der Waals surface area contributed by atoms with E-state index in [0.717, 1.165) is 6.42 Å². The second-order valence-electron chi connectivity index (χ2n) is 10.2. The highest BCUT2D eigenvalue weighted by Gasteiger charge is 2.50. The minimum Gasteiger partial charge on any atom is -0.384 e. The third kappa shape index (κ3) is 6.08. The predicted molar refractivity (Wildman–Crippen MR) is 135 cm³/mol. The molecule has 34 heavy (non-hydrogen) atoms. The van der Waals surface area contributed by atoms with Gasteiger partial charge in [0, 0.05) is 36.0 Å². The summed E-state index contributed by atoms with van der Waals surface area (Å²) in [5.41, 5.74) is -1.01. The van der Waals surface area contributed by atoms with Gasteiger partial charge in [0.05, 0.1) is 16.2 Å². The first-order valence-electron chi connectivity index (χ1n) is 11.7. The Kier molecular flexibility index (Phi) is 8.74. The van der Waals surface area contributed by atoms with Crippen molar-refractivity contribution in [3.63, 3.8) is 0 Å². The standard InChI is InChI=1S/C27H36ClN3O3/c1-7-9-19(10-8-2)24(33)30-26(5,6)16-23(32)31-14-13-27(34,25(3,4)18-31)21-12-11-20(17-29)22(28)15-21/h7,9-12,15,34H,8,13-14,16,18H2,1-6H3,(H,30,33)/b9-7-,19-10+. The predicted octanol–water partition coefficient (Wildman–Crippen LogP) is 4.86. The molecule has 0 aromatic heterocycles. The molecule has 1 aromatic rings. The number of amides is 2. The van der Waals surface area contributed by atoms with Crippen LogP contribution in [-0.4, -0.2) is 40.4 Å². The van der Waals surface area contributed by atoms with E-state index >= 15 is 0 Å². The molecule has 1 unspecified atom stereocenters. The monoisotopic (exact) mass is 485 g/mol. The Bertz CT molecular complexity index is 1040. The highest BCUT2D eigenvalue weighted by Crippen LogP contribution is 2.46. The van der Waals surface area contributed by atoms with E-state index in [9.17, 15) is 14.7 Å². The maximum atomic E-state index is 13.2. The molecule has 1 aliphatic heterocycles. The molecule has 2 rings (SSSR count). The SMILES string of the molecule is C/C=C\C(=C/CC)C(=O)NC(C)(C)CC(=O)N1CCC(O)(c2ccc(C#N)c(Cl)c2)C(C)(C)C1. The van der Waals surface area contributed by atoms with Crippen LogP contribution in [-0.2, 0) is 15.2 Å². The summed E-state index contributed by atoms with van der Waals surface area (Å²) < 4.78 is 0. The number of nitrogens with zero attached hydrogens (tertiary/aromatic N) is 2. The second kappa shape index (κ2) is 10.8. The normalized spacial score (nSPS) is 20.8. The van der Waals surface area contributed by atoms with Crippen molar-refractivity contribution in [1.29, 1.82) is 5.26 Å². The zero-order valence-corrected chi connectivity index (χ0v) is 21.8. The topological polar surface area (TPSA) is 93.4 Å². The molecule has 1 atom stereocenters. The van der Waals surface area contributed by atoms with Crippen LogP contribution >= 0.6 is 11.6 Å². The van der Waals surface area contributed by atoms with Crippen LogP contribution in [0.3, 0.4) is 0 Å². The number of likely N-dealkylation sites (tertiary alicyclic amines) is 1. The Labute approximate surface area is 208 Å². The van der Waals surface area contributed by atoms with Crippen molar-refractivity contribution >= 4 is 23.4 Å². The Balaban J connectivity index is 2.14. The lowest BCUT2D eigenvalue weighted by Gasteiger charge is -2.51. The van der Waals surface area contributed by atoms with E-state index < -0.39 is 16.6 Å². The number of nitriles is 1. The molecule has 1 aromatic carbocycles. The summed E-state index contributed by atoms with van der Waals surface area (Å²) in [7, 11) is 0. The minimum absolute atomic E-state index is 0.0784. The van der Waals surface area contributed by atoms with Crippen LogP contribution in [0.1, 0.15) is 71.9 Å². The van der Waals surface area contributed by atoms with Gasteiger partial charge in [-0.15, -0.1) is 0 Å². The highest BCUT2D eigenvalue weighted by molar-refractivity contribution is 6.31. The maximum Gasteiger partial charge on any atom is 0.251 e. The van der Waals surface area contributed by atoms with Crippen LogP contribution < -0.4 is 5.32 Å². The van der Waals surface area contributed by atoms with E-state index in [-0.39, 0.29) is 18.2 Å². The zero-order chi connectivity index (χ0) is 25.7. The fourth-order valence-corrected chi connectivity index (χ4v) is 4.71. The first-order chi connectivity index (χ1) is 15.8. The summed E-state index contributed by atoms with van der Waals surface area (Å²) in [6.07, 6.45) is 6.66. The van der Waals surface area contributed by atoms with Crippen LogP contribution in [0.5, 0.6) is 0 Å². The van der Waals surface area contributed by atoms with E-state index in [2.05, 4.69) is 5.32 Å². The number of piperidine rings is 1.